The van der Waals surface area contributed by atoms with Crippen molar-refractivity contribution in [2.45, 2.75) is 19.3 Å². The summed E-state index contributed by atoms with van der Waals surface area (Å²) in [5, 5.41) is 5.83. The Balaban J connectivity index is 3.43. The summed E-state index contributed by atoms with van der Waals surface area (Å²) >= 11 is 0. The van der Waals surface area contributed by atoms with Crippen LogP contribution in [0.2, 0.25) is 0 Å². The molecular weight excluding hydrogens is 220 g/mol. The van der Waals surface area contributed by atoms with Gasteiger partial charge >= 0.3 is 0 Å². The van der Waals surface area contributed by atoms with E-state index < -0.39 is 0 Å². The molecule has 0 aromatic rings. The van der Waals surface area contributed by atoms with Crippen LogP contribution >= 0.6 is 0 Å². The first kappa shape index (κ1) is 14.9. The maximum absolute atomic E-state index is 5.49. The predicted octanol–water partition coefficient (Wildman–Crippen LogP) is -2.66. The second-order valence-corrected chi connectivity index (χ2v) is 3.65. The van der Waals surface area contributed by atoms with Gasteiger partial charge in [0.05, 0.1) is 0 Å². The van der Waals surface area contributed by atoms with Crippen LogP contribution in [-0.2, 0) is 0 Å². The van der Waals surface area contributed by atoms with Crippen LogP contribution in [0, 0.1) is 0 Å². The standard InChI is InChI=1S/C9H24N8/c10-6(11)8(14)16-4-2-1-3-5-17-9(15)7(12)13/h16-17H,1-5,10-15H2. The molecule has 17 heavy (non-hydrogen) atoms. The van der Waals surface area contributed by atoms with E-state index in [0.717, 1.165) is 32.4 Å². The molecule has 14 N–H and O–H groups in total. The molecule has 0 saturated carbocycles. The highest BCUT2D eigenvalue weighted by molar-refractivity contribution is 5.00. The third kappa shape index (κ3) is 7.77. The van der Waals surface area contributed by atoms with Gasteiger partial charge in [-0.25, -0.2) is 0 Å². The molecule has 8 nitrogen and oxygen atoms in total. The number of rotatable bonds is 8. The maximum Gasteiger partial charge on any atom is 0.137 e. The molecule has 0 heterocycles. The second-order valence-electron chi connectivity index (χ2n) is 3.65. The number of hydrogen-bond acceptors (Lipinski definition) is 8. The molecule has 0 aliphatic heterocycles. The van der Waals surface area contributed by atoms with Crippen LogP contribution in [-0.4, -0.2) is 13.1 Å². The van der Waals surface area contributed by atoms with Crippen LogP contribution in [0.1, 0.15) is 19.3 Å². The van der Waals surface area contributed by atoms with Crippen molar-refractivity contribution < 1.29 is 0 Å². The quantitative estimate of drug-likeness (QED) is 0.213. The highest BCUT2D eigenvalue weighted by Crippen LogP contribution is 1.94. The van der Waals surface area contributed by atoms with Crippen molar-refractivity contribution in [3.63, 3.8) is 0 Å². The van der Waals surface area contributed by atoms with Crippen LogP contribution in [0.3, 0.4) is 0 Å². The minimum Gasteiger partial charge on any atom is -0.383 e. The first-order valence-corrected chi connectivity index (χ1v) is 5.44. The van der Waals surface area contributed by atoms with Crippen molar-refractivity contribution >= 4 is 0 Å². The van der Waals surface area contributed by atoms with Gasteiger partial charge in [0.15, 0.2) is 0 Å². The van der Waals surface area contributed by atoms with Gasteiger partial charge in [0.25, 0.3) is 0 Å². The molecule has 100 valence electrons. The van der Waals surface area contributed by atoms with E-state index in [1.165, 1.54) is 0 Å². The van der Waals surface area contributed by atoms with Gasteiger partial charge in [-0.05, 0) is 19.3 Å². The van der Waals surface area contributed by atoms with Crippen LogP contribution < -0.4 is 45.0 Å². The topological polar surface area (TPSA) is 180 Å². The Bertz CT molecular complexity index is 247. The Morgan fingerprint density at radius 2 is 0.941 bits per heavy atom. The fourth-order valence-corrected chi connectivity index (χ4v) is 1.08. The second kappa shape index (κ2) is 8.08. The lowest BCUT2D eigenvalue weighted by Crippen LogP contribution is -2.29. The largest absolute Gasteiger partial charge is 0.383 e. The van der Waals surface area contributed by atoms with Gasteiger partial charge in [-0.15, -0.1) is 0 Å². The average Bonchev–Trinajstić information content (AvgIpc) is 2.26. The van der Waals surface area contributed by atoms with Gasteiger partial charge in [-0.2, -0.15) is 0 Å². The Morgan fingerprint density at radius 3 is 1.24 bits per heavy atom. The molecule has 0 aromatic carbocycles. The van der Waals surface area contributed by atoms with Gasteiger partial charge in [0, 0.05) is 13.1 Å². The van der Waals surface area contributed by atoms with E-state index in [0.29, 0.717) is 11.6 Å². The van der Waals surface area contributed by atoms with Crippen LogP contribution in [0.25, 0.3) is 0 Å². The molecule has 0 unspecified atom stereocenters. The fourth-order valence-electron chi connectivity index (χ4n) is 1.08. The molecule has 0 aliphatic carbocycles. The average molecular weight is 244 g/mol. The molecule has 0 radical (unpaired) electrons. The highest BCUT2D eigenvalue weighted by Gasteiger charge is 1.95. The Morgan fingerprint density at radius 1 is 0.588 bits per heavy atom. The van der Waals surface area contributed by atoms with E-state index >= 15 is 0 Å². The summed E-state index contributed by atoms with van der Waals surface area (Å²) in [6, 6.07) is 0. The first-order chi connectivity index (χ1) is 7.95. The Labute approximate surface area is 101 Å². The summed E-state index contributed by atoms with van der Waals surface area (Å²) in [5.41, 5.74) is 32.1. The van der Waals surface area contributed by atoms with Gasteiger partial charge in [0.2, 0.25) is 0 Å². The van der Waals surface area contributed by atoms with E-state index in [4.69, 9.17) is 34.4 Å². The lowest BCUT2D eigenvalue weighted by molar-refractivity contribution is 0.613. The maximum atomic E-state index is 5.49. The molecule has 0 amide bonds. The van der Waals surface area contributed by atoms with Crippen molar-refractivity contribution in [3.8, 4) is 0 Å². The van der Waals surface area contributed by atoms with Crippen LogP contribution in [0.15, 0.2) is 23.3 Å². The fraction of sp³-hybridized carbons (Fsp3) is 0.556. The summed E-state index contributed by atoms with van der Waals surface area (Å²) in [6.07, 6.45) is 2.92. The summed E-state index contributed by atoms with van der Waals surface area (Å²) in [7, 11) is 0. The van der Waals surface area contributed by atoms with E-state index in [-0.39, 0.29) is 11.6 Å². The van der Waals surface area contributed by atoms with Crippen molar-refractivity contribution in [1.82, 2.24) is 10.6 Å². The smallest absolute Gasteiger partial charge is 0.137 e. The number of nitrogens with two attached hydrogens (primary N) is 6. The summed E-state index contributed by atoms with van der Waals surface area (Å²) in [6.45, 7) is 1.46. The van der Waals surface area contributed by atoms with Gasteiger partial charge in [0.1, 0.15) is 23.3 Å². The minimum absolute atomic E-state index is 0.114. The van der Waals surface area contributed by atoms with Crippen LogP contribution in [0.5, 0.6) is 0 Å². The lowest BCUT2D eigenvalue weighted by Gasteiger charge is -2.09. The Kier molecular flexibility index (Phi) is 7.07. The zero-order chi connectivity index (χ0) is 13.3. The van der Waals surface area contributed by atoms with Gasteiger partial charge in [-0.1, -0.05) is 0 Å². The zero-order valence-corrected chi connectivity index (χ0v) is 10.00. The number of unbranched alkanes of at least 4 members (excludes halogenated alkanes) is 2. The van der Waals surface area contributed by atoms with Crippen molar-refractivity contribution in [2.24, 2.45) is 34.4 Å². The normalized spacial score (nSPS) is 9.41. The van der Waals surface area contributed by atoms with Gasteiger partial charge in [-0.3, -0.25) is 0 Å². The monoisotopic (exact) mass is 244 g/mol. The molecule has 0 saturated heterocycles. The van der Waals surface area contributed by atoms with E-state index in [1.807, 2.05) is 0 Å². The highest BCUT2D eigenvalue weighted by atomic mass is 15.0. The summed E-state index contributed by atoms with van der Waals surface area (Å²) < 4.78 is 0. The van der Waals surface area contributed by atoms with Crippen LogP contribution in [0.4, 0.5) is 0 Å². The third-order valence-electron chi connectivity index (χ3n) is 2.11. The first-order valence-electron chi connectivity index (χ1n) is 5.44. The molecule has 0 fully saturated rings. The Hall–Kier alpha value is -2.12. The molecule has 0 aromatic heterocycles. The number of nitrogens with one attached hydrogen (secondary N) is 2. The molecule has 8 heteroatoms. The lowest BCUT2D eigenvalue weighted by atomic mass is 10.2. The predicted molar refractivity (Wildman–Crippen MR) is 69.0 cm³/mol. The van der Waals surface area contributed by atoms with Gasteiger partial charge < -0.3 is 45.0 Å². The number of hydrogen-bond donors (Lipinski definition) is 8. The third-order valence-corrected chi connectivity index (χ3v) is 2.11. The zero-order valence-electron chi connectivity index (χ0n) is 10.00. The van der Waals surface area contributed by atoms with Crippen molar-refractivity contribution in [3.05, 3.63) is 23.3 Å². The van der Waals surface area contributed by atoms with E-state index in [9.17, 15) is 0 Å². The van der Waals surface area contributed by atoms with Crippen molar-refractivity contribution in [2.75, 3.05) is 13.1 Å². The molecule has 0 atom stereocenters. The molecule has 0 spiro atoms. The van der Waals surface area contributed by atoms with E-state index in [2.05, 4.69) is 10.6 Å². The minimum atomic E-state index is 0.114. The van der Waals surface area contributed by atoms with Crippen molar-refractivity contribution in [1.29, 1.82) is 0 Å². The summed E-state index contributed by atoms with van der Waals surface area (Å²) in [4.78, 5) is 0. The molecule has 0 bridgehead atoms. The molecule has 0 rings (SSSR count). The SMILES string of the molecule is NC(N)=C(N)NCCCCCNC(N)=C(N)N. The molecule has 0 aliphatic rings. The summed E-state index contributed by atoms with van der Waals surface area (Å²) in [5.74, 6) is 0.878. The molecular formula is C9H24N8. The van der Waals surface area contributed by atoms with E-state index in [1.54, 1.807) is 0 Å².